The molecule has 158 valence electrons. The minimum atomic E-state index is -0.309. The lowest BCUT2D eigenvalue weighted by atomic mass is 9.49. The summed E-state index contributed by atoms with van der Waals surface area (Å²) in [7, 11) is 0. The number of hydrogen-bond donors (Lipinski definition) is 2. The Hall–Kier alpha value is -2.78. The van der Waals surface area contributed by atoms with Gasteiger partial charge in [0.2, 0.25) is 0 Å². The van der Waals surface area contributed by atoms with E-state index >= 15 is 0 Å². The second kappa shape index (κ2) is 8.16. The van der Waals surface area contributed by atoms with Crippen LogP contribution in [0.2, 0.25) is 5.02 Å². The Labute approximate surface area is 182 Å². The molecule has 6 nitrogen and oxygen atoms in total. The molecule has 0 unspecified atom stereocenters. The summed E-state index contributed by atoms with van der Waals surface area (Å²) in [6, 6.07) is 10.6. The number of aromatic nitrogens is 1. The van der Waals surface area contributed by atoms with Crippen molar-refractivity contribution in [3.05, 3.63) is 52.7 Å². The number of pyridine rings is 1. The van der Waals surface area contributed by atoms with Crippen molar-refractivity contribution in [1.82, 2.24) is 10.3 Å². The zero-order valence-corrected chi connectivity index (χ0v) is 18.7. The van der Waals surface area contributed by atoms with Gasteiger partial charge in [-0.05, 0) is 31.2 Å². The molecule has 0 aliphatic heterocycles. The fourth-order valence-corrected chi connectivity index (χ4v) is 4.84. The van der Waals surface area contributed by atoms with E-state index in [4.69, 9.17) is 21.6 Å². The van der Waals surface area contributed by atoms with Gasteiger partial charge in [-0.2, -0.15) is 5.26 Å². The molecule has 3 rings (SSSR count). The lowest BCUT2D eigenvalue weighted by Crippen LogP contribution is -2.74. The third-order valence-electron chi connectivity index (χ3n) is 5.81. The van der Waals surface area contributed by atoms with Crippen molar-refractivity contribution in [1.29, 1.82) is 5.26 Å². The van der Waals surface area contributed by atoms with Crippen LogP contribution < -0.4 is 15.4 Å². The maximum Gasteiger partial charge on any atom is 0.253 e. The molecule has 2 N–H and O–H groups in total. The Kier molecular flexibility index (Phi) is 5.96. The Bertz CT molecular complexity index is 964. The number of nitriles is 1. The van der Waals surface area contributed by atoms with E-state index in [0.29, 0.717) is 21.9 Å². The number of rotatable bonds is 6. The second-order valence-corrected chi connectivity index (χ2v) is 9.17. The molecule has 1 saturated carbocycles. The predicted molar refractivity (Wildman–Crippen MR) is 118 cm³/mol. The highest BCUT2D eigenvalue weighted by Crippen LogP contribution is 2.55. The maximum atomic E-state index is 12.8. The van der Waals surface area contributed by atoms with Crippen LogP contribution in [0.15, 0.2) is 36.5 Å². The summed E-state index contributed by atoms with van der Waals surface area (Å²) in [5, 5.41) is 15.7. The van der Waals surface area contributed by atoms with E-state index in [0.717, 1.165) is 12.4 Å². The topological polar surface area (TPSA) is 87.0 Å². The molecule has 0 bridgehead atoms. The first-order chi connectivity index (χ1) is 14.1. The molecule has 1 fully saturated rings. The average Bonchev–Trinajstić information content (AvgIpc) is 2.70. The Morgan fingerprint density at radius 1 is 1.23 bits per heavy atom. The summed E-state index contributed by atoms with van der Waals surface area (Å²) < 4.78 is 6.26. The summed E-state index contributed by atoms with van der Waals surface area (Å²) in [6.07, 6.45) is 1.44. The summed E-state index contributed by atoms with van der Waals surface area (Å²) >= 11 is 6.14. The molecule has 0 saturated heterocycles. The van der Waals surface area contributed by atoms with E-state index in [1.807, 2.05) is 13.0 Å². The third kappa shape index (κ3) is 3.95. The normalized spacial score (nSPS) is 21.1. The van der Waals surface area contributed by atoms with Crippen LogP contribution in [0.25, 0.3) is 0 Å². The first-order valence-corrected chi connectivity index (χ1v) is 10.4. The molecule has 1 aromatic heterocycles. The molecular formula is C23H27ClN4O2. The Morgan fingerprint density at radius 3 is 2.47 bits per heavy atom. The number of halogens is 1. The average molecular weight is 427 g/mol. The highest BCUT2D eigenvalue weighted by Gasteiger charge is 2.64. The van der Waals surface area contributed by atoms with Gasteiger partial charge in [-0.25, -0.2) is 4.98 Å². The molecule has 0 spiro atoms. The molecule has 1 aliphatic rings. The monoisotopic (exact) mass is 426 g/mol. The van der Waals surface area contributed by atoms with E-state index in [2.05, 4.69) is 43.3 Å². The van der Waals surface area contributed by atoms with E-state index in [1.165, 1.54) is 0 Å². The van der Waals surface area contributed by atoms with Crippen molar-refractivity contribution in [2.45, 2.75) is 46.8 Å². The molecule has 1 aromatic carbocycles. The zero-order valence-electron chi connectivity index (χ0n) is 17.9. The molecule has 0 radical (unpaired) electrons. The molecular weight excluding hydrogens is 400 g/mol. The van der Waals surface area contributed by atoms with Crippen molar-refractivity contribution < 1.29 is 9.53 Å². The number of nitrogens with zero attached hydrogens (tertiary/aromatic N) is 2. The van der Waals surface area contributed by atoms with Gasteiger partial charge < -0.3 is 15.4 Å². The first-order valence-electron chi connectivity index (χ1n) is 9.98. The van der Waals surface area contributed by atoms with Crippen LogP contribution in [-0.4, -0.2) is 29.6 Å². The number of anilines is 1. The minimum Gasteiger partial charge on any atom is -0.489 e. The van der Waals surface area contributed by atoms with Crippen LogP contribution in [0.3, 0.4) is 0 Å². The number of carbonyl (C=O) groups is 1. The van der Waals surface area contributed by atoms with Gasteiger partial charge in [-0.1, -0.05) is 39.3 Å². The molecule has 1 amide bonds. The van der Waals surface area contributed by atoms with Crippen LogP contribution >= 0.6 is 11.6 Å². The summed E-state index contributed by atoms with van der Waals surface area (Å²) in [5.41, 5.74) is 0.314. The highest BCUT2D eigenvalue weighted by molar-refractivity contribution is 6.31. The number of carbonyl (C=O) groups excluding carboxylic acids is 1. The number of amides is 1. The van der Waals surface area contributed by atoms with Gasteiger partial charge in [0.25, 0.3) is 5.91 Å². The van der Waals surface area contributed by atoms with Crippen LogP contribution in [0.5, 0.6) is 5.75 Å². The van der Waals surface area contributed by atoms with Crippen LogP contribution in [0.1, 0.15) is 50.5 Å². The lowest BCUT2D eigenvalue weighted by molar-refractivity contribution is -0.164. The summed E-state index contributed by atoms with van der Waals surface area (Å²) in [5.74, 6) is 1.20. The summed E-state index contributed by atoms with van der Waals surface area (Å²) in [6.45, 7) is 11.1. The van der Waals surface area contributed by atoms with Crippen molar-refractivity contribution in [3.8, 4) is 11.8 Å². The highest BCUT2D eigenvalue weighted by atomic mass is 35.5. The van der Waals surface area contributed by atoms with Crippen molar-refractivity contribution >= 4 is 23.3 Å². The largest absolute Gasteiger partial charge is 0.489 e. The quantitative estimate of drug-likeness (QED) is 0.701. The fourth-order valence-electron chi connectivity index (χ4n) is 4.62. The van der Waals surface area contributed by atoms with E-state index < -0.39 is 0 Å². The van der Waals surface area contributed by atoms with E-state index in [9.17, 15) is 4.79 Å². The number of ether oxygens (including phenoxy) is 1. The van der Waals surface area contributed by atoms with Crippen LogP contribution in [-0.2, 0) is 0 Å². The lowest BCUT2D eigenvalue weighted by Gasteiger charge is -2.63. The number of hydrogen-bond acceptors (Lipinski definition) is 5. The van der Waals surface area contributed by atoms with Gasteiger partial charge in [0, 0.05) is 35.7 Å². The summed E-state index contributed by atoms with van der Waals surface area (Å²) in [4.78, 5) is 17.1. The van der Waals surface area contributed by atoms with Crippen LogP contribution in [0.4, 0.5) is 5.82 Å². The number of benzene rings is 1. The first kappa shape index (κ1) is 21.9. The second-order valence-electron chi connectivity index (χ2n) is 8.76. The zero-order chi connectivity index (χ0) is 22.1. The maximum absolute atomic E-state index is 12.8. The van der Waals surface area contributed by atoms with Gasteiger partial charge in [-0.3, -0.25) is 4.79 Å². The van der Waals surface area contributed by atoms with E-state index in [1.54, 1.807) is 36.5 Å². The van der Waals surface area contributed by atoms with Crippen LogP contribution in [0, 0.1) is 22.2 Å². The van der Waals surface area contributed by atoms with Crippen molar-refractivity contribution in [2.24, 2.45) is 10.8 Å². The Morgan fingerprint density at radius 2 is 1.93 bits per heavy atom. The molecule has 1 aliphatic carbocycles. The molecule has 0 atom stereocenters. The predicted octanol–water partition coefficient (Wildman–Crippen LogP) is 4.65. The third-order valence-corrected chi connectivity index (χ3v) is 6.13. The van der Waals surface area contributed by atoms with Gasteiger partial charge in [-0.15, -0.1) is 0 Å². The smallest absolute Gasteiger partial charge is 0.253 e. The Balaban J connectivity index is 1.72. The standard InChI is InChI=1S/C23H27ClN4O2/c1-6-26-18-10-8-15(13-27-18)19(29)28-20-22(2,3)21(23(20,4)5)30-16-9-7-14(12-25)17(24)11-16/h7-11,13,20-21H,6H2,1-5H3,(H,26,27)(H,28,29)/t20-,21-. The minimum absolute atomic E-state index is 0.0928. The van der Waals surface area contributed by atoms with Crippen molar-refractivity contribution in [3.63, 3.8) is 0 Å². The number of nitrogens with one attached hydrogen (secondary N) is 2. The molecule has 1 heterocycles. The van der Waals surface area contributed by atoms with Gasteiger partial charge in [0.15, 0.2) is 0 Å². The van der Waals surface area contributed by atoms with Gasteiger partial charge >= 0.3 is 0 Å². The molecule has 2 aromatic rings. The molecule has 30 heavy (non-hydrogen) atoms. The van der Waals surface area contributed by atoms with Gasteiger partial charge in [0.05, 0.1) is 16.1 Å². The fraction of sp³-hybridized carbons (Fsp3) is 0.435. The van der Waals surface area contributed by atoms with Gasteiger partial charge in [0.1, 0.15) is 23.7 Å². The van der Waals surface area contributed by atoms with E-state index in [-0.39, 0.29) is 28.9 Å². The van der Waals surface area contributed by atoms with Crippen molar-refractivity contribution in [2.75, 3.05) is 11.9 Å². The molecule has 7 heteroatoms. The SMILES string of the molecule is CCNc1ccc(C(=O)N[C@H]2C(C)(C)[C@H](Oc3ccc(C#N)c(Cl)c3)C2(C)C)cn1.